The number of nitrogens with one attached hydrogen (secondary N) is 1. The third-order valence-corrected chi connectivity index (χ3v) is 9.26. The first-order valence-corrected chi connectivity index (χ1v) is 15.7. The zero-order chi connectivity index (χ0) is 29.2. The molecule has 4 rings (SSSR count). The van der Waals surface area contributed by atoms with Gasteiger partial charge < -0.3 is 10.2 Å². The van der Waals surface area contributed by atoms with Crippen LogP contribution in [0.15, 0.2) is 83.8 Å². The average Bonchev–Trinajstić information content (AvgIpc) is 3.54. The molecule has 3 aromatic rings. The van der Waals surface area contributed by atoms with E-state index in [-0.39, 0.29) is 35.5 Å². The van der Waals surface area contributed by atoms with E-state index in [9.17, 15) is 22.4 Å². The minimum Gasteiger partial charge on any atom is -0.354 e. The molecule has 41 heavy (non-hydrogen) atoms. The molecule has 1 unspecified atom stereocenters. The third-order valence-electron chi connectivity index (χ3n) is 7.35. The number of rotatable bonds is 13. The molecule has 1 saturated heterocycles. The molecule has 0 aliphatic carbocycles. The summed E-state index contributed by atoms with van der Waals surface area (Å²) in [7, 11) is -3.51. The van der Waals surface area contributed by atoms with Crippen LogP contribution in [0.5, 0.6) is 0 Å². The normalized spacial score (nSPS) is 14.5. The highest BCUT2D eigenvalue weighted by atomic mass is 32.2. The van der Waals surface area contributed by atoms with Crippen LogP contribution in [0.25, 0.3) is 0 Å². The number of benzene rings is 3. The summed E-state index contributed by atoms with van der Waals surface area (Å²) in [6.45, 7) is 3.75. The first-order valence-electron chi connectivity index (χ1n) is 14.2. The highest BCUT2D eigenvalue weighted by molar-refractivity contribution is 7.89. The van der Waals surface area contributed by atoms with Gasteiger partial charge >= 0.3 is 0 Å². The minimum absolute atomic E-state index is 0.116. The fraction of sp³-hybridized carbons (Fsp3) is 0.375. The number of carbonyl (C=O) groups excluding carboxylic acids is 2. The maximum Gasteiger partial charge on any atom is 0.247 e. The molecule has 0 spiro atoms. The summed E-state index contributed by atoms with van der Waals surface area (Å²) in [5, 5.41) is 2.98. The standard InChI is InChI=1S/C32H38FN3O4S/c1-2-3-21-34-32(38)31(27-9-5-4-6-10-27)36(24-26-11-16-28(33)17-12-26)30(37)20-15-25-13-18-29(19-14-25)41(39,40)35-22-7-8-23-35/h4-6,9-14,16-19,31H,2-3,7-8,15,20-24H2,1H3,(H,34,38). The van der Waals surface area contributed by atoms with Gasteiger partial charge in [-0.25, -0.2) is 12.8 Å². The maximum atomic E-state index is 13.8. The molecule has 1 heterocycles. The molecule has 3 aromatic carbocycles. The second-order valence-corrected chi connectivity index (χ2v) is 12.3. The first kappa shape index (κ1) is 30.4. The summed E-state index contributed by atoms with van der Waals surface area (Å²) in [6, 6.07) is 20.9. The molecule has 0 radical (unpaired) electrons. The molecular weight excluding hydrogens is 541 g/mol. The highest BCUT2D eigenvalue weighted by Gasteiger charge is 2.31. The van der Waals surface area contributed by atoms with Gasteiger partial charge in [0.15, 0.2) is 0 Å². The Morgan fingerprint density at radius 2 is 1.56 bits per heavy atom. The number of nitrogens with zero attached hydrogens (tertiary/aromatic N) is 2. The van der Waals surface area contributed by atoms with Gasteiger partial charge in [-0.3, -0.25) is 9.59 Å². The van der Waals surface area contributed by atoms with E-state index in [0.717, 1.165) is 31.2 Å². The summed E-state index contributed by atoms with van der Waals surface area (Å²) >= 11 is 0. The first-order chi connectivity index (χ1) is 19.8. The van der Waals surface area contributed by atoms with Gasteiger partial charge in [0.05, 0.1) is 4.90 Å². The Labute approximate surface area is 242 Å². The van der Waals surface area contributed by atoms with E-state index < -0.39 is 16.1 Å². The fourth-order valence-electron chi connectivity index (χ4n) is 5.00. The van der Waals surface area contributed by atoms with E-state index in [0.29, 0.717) is 37.2 Å². The molecule has 1 atom stereocenters. The lowest BCUT2D eigenvalue weighted by molar-refractivity contribution is -0.141. The maximum absolute atomic E-state index is 13.8. The number of hydrogen-bond acceptors (Lipinski definition) is 4. The van der Waals surface area contributed by atoms with Crippen LogP contribution in [0.4, 0.5) is 4.39 Å². The smallest absolute Gasteiger partial charge is 0.247 e. The Balaban J connectivity index is 1.55. The van der Waals surface area contributed by atoms with Crippen LogP contribution in [-0.2, 0) is 32.6 Å². The van der Waals surface area contributed by atoms with Gasteiger partial charge in [-0.1, -0.05) is 67.9 Å². The van der Waals surface area contributed by atoms with Crippen LogP contribution in [0, 0.1) is 5.82 Å². The number of hydrogen-bond donors (Lipinski definition) is 1. The van der Waals surface area contributed by atoms with Crippen molar-refractivity contribution in [2.24, 2.45) is 0 Å². The van der Waals surface area contributed by atoms with Crippen molar-refractivity contribution in [3.8, 4) is 0 Å². The third kappa shape index (κ3) is 8.01. The Kier molecular flexibility index (Phi) is 10.7. The zero-order valence-corrected chi connectivity index (χ0v) is 24.3. The number of sulfonamides is 1. The van der Waals surface area contributed by atoms with Crippen molar-refractivity contribution < 1.29 is 22.4 Å². The van der Waals surface area contributed by atoms with Crippen LogP contribution in [0.3, 0.4) is 0 Å². The van der Waals surface area contributed by atoms with Gasteiger partial charge in [-0.15, -0.1) is 0 Å². The predicted molar refractivity (Wildman–Crippen MR) is 157 cm³/mol. The number of carbonyl (C=O) groups is 2. The quantitative estimate of drug-likeness (QED) is 0.281. The second-order valence-electron chi connectivity index (χ2n) is 10.4. The summed E-state index contributed by atoms with van der Waals surface area (Å²) in [5.41, 5.74) is 2.22. The molecule has 0 saturated carbocycles. The minimum atomic E-state index is -3.51. The summed E-state index contributed by atoms with van der Waals surface area (Å²) in [6.07, 6.45) is 3.98. The molecule has 218 valence electrons. The zero-order valence-electron chi connectivity index (χ0n) is 23.5. The van der Waals surface area contributed by atoms with Crippen molar-refractivity contribution in [3.63, 3.8) is 0 Å². The SMILES string of the molecule is CCCCNC(=O)C(c1ccccc1)N(Cc1ccc(F)cc1)C(=O)CCc1ccc(S(=O)(=O)N2CCCC2)cc1. The van der Waals surface area contributed by atoms with E-state index in [4.69, 9.17) is 0 Å². The van der Waals surface area contributed by atoms with Gasteiger partial charge in [0, 0.05) is 32.6 Å². The molecule has 7 nitrogen and oxygen atoms in total. The van der Waals surface area contributed by atoms with Crippen LogP contribution < -0.4 is 5.32 Å². The Morgan fingerprint density at radius 1 is 0.927 bits per heavy atom. The Bertz CT molecular complexity index is 1390. The van der Waals surface area contributed by atoms with E-state index in [2.05, 4.69) is 5.32 Å². The van der Waals surface area contributed by atoms with Gasteiger partial charge in [0.2, 0.25) is 21.8 Å². The van der Waals surface area contributed by atoms with Crippen molar-refractivity contribution in [3.05, 3.63) is 101 Å². The average molecular weight is 580 g/mol. The second kappa shape index (κ2) is 14.4. The van der Waals surface area contributed by atoms with Crippen LogP contribution in [-0.4, -0.2) is 49.1 Å². The monoisotopic (exact) mass is 579 g/mol. The fourth-order valence-corrected chi connectivity index (χ4v) is 6.52. The Morgan fingerprint density at radius 3 is 2.20 bits per heavy atom. The number of unbranched alkanes of at least 4 members (excludes halogenated alkanes) is 1. The molecule has 0 bridgehead atoms. The van der Waals surface area contributed by atoms with Crippen molar-refractivity contribution in [1.82, 2.24) is 14.5 Å². The van der Waals surface area contributed by atoms with Gasteiger partial charge in [-0.2, -0.15) is 4.31 Å². The van der Waals surface area contributed by atoms with Crippen LogP contribution in [0.2, 0.25) is 0 Å². The number of amides is 2. The summed E-state index contributed by atoms with van der Waals surface area (Å²) < 4.78 is 40.9. The van der Waals surface area contributed by atoms with Crippen molar-refractivity contribution in [2.45, 2.75) is 62.9 Å². The van der Waals surface area contributed by atoms with Gasteiger partial charge in [0.1, 0.15) is 11.9 Å². The number of aryl methyl sites for hydroxylation is 1. The molecular formula is C32H38FN3O4S. The molecule has 9 heteroatoms. The molecule has 2 amide bonds. The van der Waals surface area contributed by atoms with E-state index in [1.165, 1.54) is 16.4 Å². The summed E-state index contributed by atoms with van der Waals surface area (Å²) in [5.74, 6) is -0.877. The molecule has 1 aliphatic rings. The van der Waals surface area contributed by atoms with Crippen molar-refractivity contribution in [2.75, 3.05) is 19.6 Å². The lowest BCUT2D eigenvalue weighted by Crippen LogP contribution is -2.43. The largest absolute Gasteiger partial charge is 0.354 e. The summed E-state index contributed by atoms with van der Waals surface area (Å²) in [4.78, 5) is 29.1. The van der Waals surface area contributed by atoms with E-state index in [1.807, 2.05) is 37.3 Å². The predicted octanol–water partition coefficient (Wildman–Crippen LogP) is 5.23. The van der Waals surface area contributed by atoms with Crippen LogP contribution in [0.1, 0.15) is 61.8 Å². The molecule has 1 fully saturated rings. The van der Waals surface area contributed by atoms with Gasteiger partial charge in [0.25, 0.3) is 0 Å². The van der Waals surface area contributed by atoms with E-state index >= 15 is 0 Å². The van der Waals surface area contributed by atoms with Crippen molar-refractivity contribution in [1.29, 1.82) is 0 Å². The topological polar surface area (TPSA) is 86.8 Å². The lowest BCUT2D eigenvalue weighted by Gasteiger charge is -2.32. The Hall–Kier alpha value is -3.56. The molecule has 1 aliphatic heterocycles. The number of halogens is 1. The van der Waals surface area contributed by atoms with Crippen LogP contribution >= 0.6 is 0 Å². The molecule has 0 aromatic heterocycles. The lowest BCUT2D eigenvalue weighted by atomic mass is 10.0. The molecule has 1 N–H and O–H groups in total. The van der Waals surface area contributed by atoms with E-state index in [1.54, 1.807) is 41.3 Å². The highest BCUT2D eigenvalue weighted by Crippen LogP contribution is 2.26. The van der Waals surface area contributed by atoms with Crippen molar-refractivity contribution >= 4 is 21.8 Å². The van der Waals surface area contributed by atoms with Gasteiger partial charge in [-0.05, 0) is 66.6 Å².